The highest BCUT2D eigenvalue weighted by Crippen LogP contribution is 2.30. The summed E-state index contributed by atoms with van der Waals surface area (Å²) in [4.78, 5) is 19.2. The number of likely N-dealkylation sites (tertiary alicyclic amines) is 1. The maximum absolute atomic E-state index is 12.6. The minimum Gasteiger partial charge on any atom is -0.508 e. The Kier molecular flexibility index (Phi) is 5.04. The number of benzene rings is 1. The van der Waals surface area contributed by atoms with Crippen molar-refractivity contribution in [1.82, 2.24) is 9.88 Å². The second kappa shape index (κ2) is 7.60. The van der Waals surface area contributed by atoms with Crippen LogP contribution >= 0.6 is 22.7 Å². The van der Waals surface area contributed by atoms with Crippen LogP contribution in [0.1, 0.15) is 30.0 Å². The summed E-state index contributed by atoms with van der Waals surface area (Å²) < 4.78 is 0. The van der Waals surface area contributed by atoms with Crippen LogP contribution < -0.4 is 0 Å². The van der Waals surface area contributed by atoms with Crippen molar-refractivity contribution >= 4 is 28.6 Å². The molecule has 0 spiro atoms. The highest BCUT2D eigenvalue weighted by atomic mass is 32.1. The summed E-state index contributed by atoms with van der Waals surface area (Å²) in [5.74, 6) is 0.923. The number of phenols is 1. The standard InChI is InChI=1S/C20H20N2O2S2/c23-18-3-1-14(2-4-18)15-5-8-22(9-6-15)19(24)11-17-13-26-20(21-17)16-7-10-25-12-16/h1-4,7,10,12-13,15,23H,5-6,8-9,11H2. The molecule has 0 radical (unpaired) electrons. The number of thiazole rings is 1. The molecule has 0 saturated carbocycles. The van der Waals surface area contributed by atoms with Crippen LogP contribution in [0.15, 0.2) is 46.5 Å². The molecule has 26 heavy (non-hydrogen) atoms. The minimum atomic E-state index is 0.163. The van der Waals surface area contributed by atoms with Gasteiger partial charge < -0.3 is 10.0 Å². The number of carbonyl (C=O) groups excluding carboxylic acids is 1. The van der Waals surface area contributed by atoms with Gasteiger partial charge in [-0.25, -0.2) is 4.98 Å². The largest absolute Gasteiger partial charge is 0.508 e. The summed E-state index contributed by atoms with van der Waals surface area (Å²) in [6.07, 6.45) is 2.31. The van der Waals surface area contributed by atoms with Crippen LogP contribution in [0.2, 0.25) is 0 Å². The topological polar surface area (TPSA) is 53.4 Å². The van der Waals surface area contributed by atoms with Crippen LogP contribution in [-0.2, 0) is 11.2 Å². The lowest BCUT2D eigenvalue weighted by molar-refractivity contribution is -0.131. The van der Waals surface area contributed by atoms with E-state index >= 15 is 0 Å². The molecule has 2 aromatic heterocycles. The minimum absolute atomic E-state index is 0.163. The Morgan fingerprint density at radius 1 is 1.15 bits per heavy atom. The first-order chi connectivity index (χ1) is 12.7. The first-order valence-electron chi connectivity index (χ1n) is 8.73. The van der Waals surface area contributed by atoms with E-state index in [0.717, 1.165) is 42.2 Å². The Labute approximate surface area is 160 Å². The number of thiophene rings is 1. The van der Waals surface area contributed by atoms with Gasteiger partial charge in [-0.2, -0.15) is 11.3 Å². The third-order valence-corrected chi connectivity index (χ3v) is 6.49. The highest BCUT2D eigenvalue weighted by Gasteiger charge is 2.24. The van der Waals surface area contributed by atoms with Crippen LogP contribution in [0.3, 0.4) is 0 Å². The van der Waals surface area contributed by atoms with Crippen LogP contribution in [0, 0.1) is 0 Å². The molecule has 6 heteroatoms. The number of amides is 1. The van der Waals surface area contributed by atoms with Gasteiger partial charge in [0.1, 0.15) is 10.8 Å². The molecule has 0 aliphatic carbocycles. The lowest BCUT2D eigenvalue weighted by Gasteiger charge is -2.32. The molecule has 3 heterocycles. The number of piperidine rings is 1. The van der Waals surface area contributed by atoms with Crippen LogP contribution in [-0.4, -0.2) is 34.0 Å². The van der Waals surface area contributed by atoms with Gasteiger partial charge in [-0.15, -0.1) is 11.3 Å². The van der Waals surface area contributed by atoms with E-state index in [9.17, 15) is 9.90 Å². The maximum Gasteiger partial charge on any atom is 0.228 e. The maximum atomic E-state index is 12.6. The third-order valence-electron chi connectivity index (χ3n) is 4.86. The summed E-state index contributed by atoms with van der Waals surface area (Å²) >= 11 is 3.26. The molecular weight excluding hydrogens is 364 g/mol. The van der Waals surface area contributed by atoms with Gasteiger partial charge in [0.15, 0.2) is 0 Å². The van der Waals surface area contributed by atoms with Crippen molar-refractivity contribution in [3.05, 3.63) is 57.7 Å². The van der Waals surface area contributed by atoms with Crippen molar-refractivity contribution in [2.45, 2.75) is 25.2 Å². The molecule has 1 amide bonds. The molecule has 1 aliphatic rings. The number of aromatic nitrogens is 1. The van der Waals surface area contributed by atoms with Crippen molar-refractivity contribution in [3.63, 3.8) is 0 Å². The fourth-order valence-electron chi connectivity index (χ4n) is 3.38. The fraction of sp³-hybridized carbons (Fsp3) is 0.300. The smallest absolute Gasteiger partial charge is 0.228 e. The molecule has 1 fully saturated rings. The van der Waals surface area contributed by atoms with Gasteiger partial charge in [0, 0.05) is 29.4 Å². The van der Waals surface area contributed by atoms with Crippen LogP contribution in [0.4, 0.5) is 0 Å². The Bertz CT molecular complexity index is 864. The lowest BCUT2D eigenvalue weighted by Crippen LogP contribution is -2.38. The van der Waals surface area contributed by atoms with Gasteiger partial charge in [0.25, 0.3) is 0 Å². The molecule has 1 N–H and O–H groups in total. The first-order valence-corrected chi connectivity index (χ1v) is 10.5. The van der Waals surface area contributed by atoms with Crippen molar-refractivity contribution in [1.29, 1.82) is 0 Å². The van der Waals surface area contributed by atoms with E-state index < -0.39 is 0 Å². The molecular formula is C20H20N2O2S2. The van der Waals surface area contributed by atoms with Crippen molar-refractivity contribution in [2.24, 2.45) is 0 Å². The molecule has 4 nitrogen and oxygen atoms in total. The average molecular weight is 385 g/mol. The van der Waals surface area contributed by atoms with Gasteiger partial charge in [-0.3, -0.25) is 4.79 Å². The van der Waals surface area contributed by atoms with Crippen molar-refractivity contribution in [2.75, 3.05) is 13.1 Å². The molecule has 3 aromatic rings. The van der Waals surface area contributed by atoms with Crippen molar-refractivity contribution in [3.8, 4) is 16.3 Å². The summed E-state index contributed by atoms with van der Waals surface area (Å²) in [6.45, 7) is 1.57. The zero-order valence-electron chi connectivity index (χ0n) is 14.3. The van der Waals surface area contributed by atoms with Crippen molar-refractivity contribution < 1.29 is 9.90 Å². The van der Waals surface area contributed by atoms with E-state index in [1.807, 2.05) is 27.8 Å². The van der Waals surface area contributed by atoms with E-state index in [0.29, 0.717) is 18.1 Å². The van der Waals surface area contributed by atoms with Gasteiger partial charge in [0.05, 0.1) is 12.1 Å². The second-order valence-electron chi connectivity index (χ2n) is 6.58. The zero-order valence-corrected chi connectivity index (χ0v) is 15.9. The molecule has 134 valence electrons. The molecule has 1 aliphatic heterocycles. The highest BCUT2D eigenvalue weighted by molar-refractivity contribution is 7.14. The molecule has 1 aromatic carbocycles. The average Bonchev–Trinajstić information content (AvgIpc) is 3.34. The predicted octanol–water partition coefficient (Wildman–Crippen LogP) is 4.53. The summed E-state index contributed by atoms with van der Waals surface area (Å²) in [6, 6.07) is 9.50. The van der Waals surface area contributed by atoms with E-state index in [-0.39, 0.29) is 5.91 Å². The normalized spacial score (nSPS) is 15.3. The Hall–Kier alpha value is -2.18. The van der Waals surface area contributed by atoms with Crippen LogP contribution in [0.25, 0.3) is 10.6 Å². The summed E-state index contributed by atoms with van der Waals surface area (Å²) in [5.41, 5.74) is 3.24. The number of hydrogen-bond acceptors (Lipinski definition) is 5. The SMILES string of the molecule is O=C(Cc1csc(-c2ccsc2)n1)N1CCC(c2ccc(O)cc2)CC1. The molecule has 0 atom stereocenters. The van der Waals surface area contributed by atoms with Gasteiger partial charge >= 0.3 is 0 Å². The molecule has 0 bridgehead atoms. The van der Waals surface area contributed by atoms with Gasteiger partial charge in [-0.1, -0.05) is 12.1 Å². The number of hydrogen-bond donors (Lipinski definition) is 1. The molecule has 0 unspecified atom stereocenters. The monoisotopic (exact) mass is 384 g/mol. The Morgan fingerprint density at radius 2 is 1.92 bits per heavy atom. The van der Waals surface area contributed by atoms with E-state index in [4.69, 9.17) is 0 Å². The number of rotatable bonds is 4. The zero-order chi connectivity index (χ0) is 17.9. The quantitative estimate of drug-likeness (QED) is 0.719. The Morgan fingerprint density at radius 3 is 2.62 bits per heavy atom. The first kappa shape index (κ1) is 17.2. The van der Waals surface area contributed by atoms with Gasteiger partial charge in [-0.05, 0) is 47.9 Å². The second-order valence-corrected chi connectivity index (χ2v) is 8.22. The lowest BCUT2D eigenvalue weighted by atomic mass is 9.89. The summed E-state index contributed by atoms with van der Waals surface area (Å²) in [5, 5.41) is 16.5. The fourth-order valence-corrected chi connectivity index (χ4v) is 4.91. The molecule has 1 saturated heterocycles. The number of carbonyl (C=O) groups is 1. The van der Waals surface area contributed by atoms with Gasteiger partial charge in [0.2, 0.25) is 5.91 Å². The van der Waals surface area contributed by atoms with Crippen LogP contribution in [0.5, 0.6) is 5.75 Å². The van der Waals surface area contributed by atoms with E-state index in [1.54, 1.807) is 34.8 Å². The predicted molar refractivity (Wildman–Crippen MR) is 106 cm³/mol. The van der Waals surface area contributed by atoms with E-state index in [1.165, 1.54) is 5.56 Å². The number of phenolic OH excluding ortho intramolecular Hbond substituents is 1. The number of nitrogens with zero attached hydrogens (tertiary/aromatic N) is 2. The van der Waals surface area contributed by atoms with E-state index in [2.05, 4.69) is 16.4 Å². The Balaban J connectivity index is 1.33. The summed E-state index contributed by atoms with van der Waals surface area (Å²) in [7, 11) is 0. The third kappa shape index (κ3) is 3.81. The number of aromatic hydroxyl groups is 1. The molecule has 4 rings (SSSR count).